The van der Waals surface area contributed by atoms with Crippen molar-refractivity contribution in [1.82, 2.24) is 9.55 Å². The lowest BCUT2D eigenvalue weighted by Gasteiger charge is -2.33. The number of hydrogen-bond acceptors (Lipinski definition) is 6. The van der Waals surface area contributed by atoms with Crippen molar-refractivity contribution >= 4 is 5.97 Å². The molecule has 7 heteroatoms. The molecule has 1 saturated carbocycles. The molecule has 1 aromatic carbocycles. The second-order valence-electron chi connectivity index (χ2n) is 10.2. The number of nitrogens with zero attached hydrogens (tertiary/aromatic N) is 2. The molecule has 194 valence electrons. The van der Waals surface area contributed by atoms with Gasteiger partial charge in [0.25, 0.3) is 5.88 Å². The van der Waals surface area contributed by atoms with E-state index in [4.69, 9.17) is 19.2 Å². The van der Waals surface area contributed by atoms with E-state index in [0.29, 0.717) is 31.3 Å². The minimum absolute atomic E-state index is 0.0270. The maximum absolute atomic E-state index is 13.0. The van der Waals surface area contributed by atoms with Crippen molar-refractivity contribution in [2.75, 3.05) is 13.2 Å². The lowest BCUT2D eigenvalue weighted by atomic mass is 9.90. The second kappa shape index (κ2) is 10.8. The molecule has 1 unspecified atom stereocenters. The average Bonchev–Trinajstić information content (AvgIpc) is 3.71. The van der Waals surface area contributed by atoms with Gasteiger partial charge in [-0.15, -0.1) is 0 Å². The third-order valence-corrected chi connectivity index (χ3v) is 7.11. The third-order valence-electron chi connectivity index (χ3n) is 7.11. The Kier molecular flexibility index (Phi) is 7.31. The number of fused-ring (bicyclic) bond motifs is 3. The number of rotatable bonds is 10. The molecule has 7 nitrogen and oxygen atoms in total. The minimum Gasteiger partial charge on any atom is -0.483 e. The highest BCUT2D eigenvalue weighted by Crippen LogP contribution is 2.41. The molecular formula is C30H34N2O5. The molecule has 3 aromatic rings. The summed E-state index contributed by atoms with van der Waals surface area (Å²) in [6.45, 7) is 7.19. The van der Waals surface area contributed by atoms with Crippen LogP contribution in [0.5, 0.6) is 11.6 Å². The molecule has 0 N–H and O–H groups in total. The lowest BCUT2D eigenvalue weighted by Crippen LogP contribution is -2.29. The molecule has 0 amide bonds. The van der Waals surface area contributed by atoms with E-state index in [9.17, 15) is 9.59 Å². The van der Waals surface area contributed by atoms with Gasteiger partial charge in [-0.3, -0.25) is 4.79 Å². The van der Waals surface area contributed by atoms with Crippen LogP contribution in [0, 0.1) is 11.8 Å². The van der Waals surface area contributed by atoms with Crippen LogP contribution in [0.15, 0.2) is 53.5 Å². The van der Waals surface area contributed by atoms with E-state index in [1.165, 1.54) is 18.9 Å². The van der Waals surface area contributed by atoms with E-state index < -0.39 is 5.97 Å². The maximum Gasteiger partial charge on any atom is 0.343 e. The van der Waals surface area contributed by atoms with Gasteiger partial charge < -0.3 is 18.8 Å². The Hall–Kier alpha value is -3.61. The maximum atomic E-state index is 13.0. The van der Waals surface area contributed by atoms with Crippen molar-refractivity contribution in [3.05, 3.63) is 75.7 Å². The minimum atomic E-state index is -0.597. The Morgan fingerprint density at radius 2 is 1.92 bits per heavy atom. The Labute approximate surface area is 217 Å². The van der Waals surface area contributed by atoms with Crippen LogP contribution in [0.1, 0.15) is 67.7 Å². The molecule has 0 spiro atoms. The van der Waals surface area contributed by atoms with Gasteiger partial charge in [-0.2, -0.15) is 0 Å². The van der Waals surface area contributed by atoms with Gasteiger partial charge in [0, 0.05) is 30.3 Å². The number of hydrogen-bond donors (Lipinski definition) is 0. The smallest absolute Gasteiger partial charge is 0.343 e. The zero-order valence-corrected chi connectivity index (χ0v) is 21.7. The molecule has 1 atom stereocenters. The van der Waals surface area contributed by atoms with Gasteiger partial charge in [0.15, 0.2) is 11.2 Å². The van der Waals surface area contributed by atoms with E-state index in [1.54, 1.807) is 13.1 Å². The molecule has 0 saturated heterocycles. The summed E-state index contributed by atoms with van der Waals surface area (Å²) >= 11 is 0. The van der Waals surface area contributed by atoms with Crippen LogP contribution >= 0.6 is 0 Å². The molecule has 0 radical (unpaired) electrons. The van der Waals surface area contributed by atoms with Gasteiger partial charge in [0.05, 0.1) is 24.6 Å². The summed E-state index contributed by atoms with van der Waals surface area (Å²) in [7, 11) is 0. The highest BCUT2D eigenvalue weighted by molar-refractivity contribution is 5.89. The van der Waals surface area contributed by atoms with Crippen LogP contribution in [0.2, 0.25) is 0 Å². The van der Waals surface area contributed by atoms with E-state index >= 15 is 0 Å². The standard InChI is InChI=1S/C30H34N2O5/c1-4-35-30(34)23-17-32-25(19(2)3)15-24-22(26(32)16-27(23)33)14-28(37-18-21-8-6-5-7-9-21)29(31-24)36-13-12-20-10-11-20/h5-9,14,16-17,19-20,25H,4,10-13,15,18H2,1-3H3. The molecule has 2 aromatic heterocycles. The first-order chi connectivity index (χ1) is 17.9. The van der Waals surface area contributed by atoms with Gasteiger partial charge in [0.2, 0.25) is 0 Å². The van der Waals surface area contributed by atoms with Gasteiger partial charge in [-0.1, -0.05) is 57.0 Å². The van der Waals surface area contributed by atoms with Crippen molar-refractivity contribution in [1.29, 1.82) is 0 Å². The number of aromatic nitrogens is 2. The zero-order valence-electron chi connectivity index (χ0n) is 21.7. The fraction of sp³-hybridized carbons (Fsp3) is 0.433. The summed E-state index contributed by atoms with van der Waals surface area (Å²) in [6.07, 6.45) is 5.86. The normalized spacial score (nSPS) is 16.2. The molecule has 3 heterocycles. The molecular weight excluding hydrogens is 468 g/mol. The molecule has 1 fully saturated rings. The number of benzene rings is 1. The quantitative estimate of drug-likeness (QED) is 0.336. The highest BCUT2D eigenvalue weighted by Gasteiger charge is 2.31. The first-order valence-corrected chi connectivity index (χ1v) is 13.2. The van der Waals surface area contributed by atoms with Crippen molar-refractivity contribution < 1.29 is 19.0 Å². The van der Waals surface area contributed by atoms with Gasteiger partial charge in [-0.25, -0.2) is 9.78 Å². The largest absolute Gasteiger partial charge is 0.483 e. The molecule has 0 bridgehead atoms. The zero-order chi connectivity index (χ0) is 25.9. The van der Waals surface area contributed by atoms with E-state index in [2.05, 4.69) is 13.8 Å². The topological polar surface area (TPSA) is 79.7 Å². The first kappa shape index (κ1) is 25.1. The third kappa shape index (κ3) is 5.55. The fourth-order valence-electron chi connectivity index (χ4n) is 4.82. The Bertz CT molecular complexity index is 1330. The predicted octanol–water partition coefficient (Wildman–Crippen LogP) is 5.60. The molecule has 37 heavy (non-hydrogen) atoms. The van der Waals surface area contributed by atoms with Crippen LogP contribution in [0.25, 0.3) is 11.3 Å². The van der Waals surface area contributed by atoms with Gasteiger partial charge in [-0.05, 0) is 36.8 Å². The SMILES string of the molecule is CCOC(=O)c1cn2c(cc1=O)-c1cc(OCc3ccccc3)c(OCCC3CC3)nc1CC2C(C)C. The Morgan fingerprint density at radius 3 is 2.62 bits per heavy atom. The van der Waals surface area contributed by atoms with E-state index in [1.807, 2.05) is 41.0 Å². The predicted molar refractivity (Wildman–Crippen MR) is 141 cm³/mol. The summed E-state index contributed by atoms with van der Waals surface area (Å²) in [6, 6.07) is 13.4. The summed E-state index contributed by atoms with van der Waals surface area (Å²) in [5.74, 6) is 1.45. The first-order valence-electron chi connectivity index (χ1n) is 13.2. The van der Waals surface area contributed by atoms with E-state index in [0.717, 1.165) is 34.9 Å². The van der Waals surface area contributed by atoms with Crippen LogP contribution < -0.4 is 14.9 Å². The van der Waals surface area contributed by atoms with Gasteiger partial charge >= 0.3 is 5.97 Å². The number of ether oxygens (including phenoxy) is 3. The summed E-state index contributed by atoms with van der Waals surface area (Å²) < 4.78 is 19.5. The molecule has 1 aliphatic heterocycles. The van der Waals surface area contributed by atoms with Crippen molar-refractivity contribution in [3.8, 4) is 22.9 Å². The summed E-state index contributed by atoms with van der Waals surface area (Å²) in [4.78, 5) is 30.4. The van der Waals surface area contributed by atoms with Gasteiger partial charge in [0.1, 0.15) is 12.2 Å². The van der Waals surface area contributed by atoms with Crippen LogP contribution in [0.4, 0.5) is 0 Å². The van der Waals surface area contributed by atoms with E-state index in [-0.39, 0.29) is 29.6 Å². The molecule has 2 aliphatic rings. The van der Waals surface area contributed by atoms with Crippen molar-refractivity contribution in [3.63, 3.8) is 0 Å². The average molecular weight is 503 g/mol. The number of pyridine rings is 2. The second-order valence-corrected chi connectivity index (χ2v) is 10.2. The van der Waals surface area contributed by atoms with Crippen LogP contribution in [-0.2, 0) is 17.8 Å². The lowest BCUT2D eigenvalue weighted by molar-refractivity contribution is 0.0523. The molecule has 1 aliphatic carbocycles. The van der Waals surface area contributed by atoms with Crippen LogP contribution in [0.3, 0.4) is 0 Å². The highest BCUT2D eigenvalue weighted by atomic mass is 16.5. The van der Waals surface area contributed by atoms with Crippen LogP contribution in [-0.4, -0.2) is 28.7 Å². The summed E-state index contributed by atoms with van der Waals surface area (Å²) in [5, 5.41) is 0. The van der Waals surface area contributed by atoms with Crippen molar-refractivity contribution in [2.45, 2.75) is 59.1 Å². The summed E-state index contributed by atoms with van der Waals surface area (Å²) in [5.41, 5.74) is 3.14. The monoisotopic (exact) mass is 502 g/mol. The number of esters is 1. The Balaban J connectivity index is 1.55. The number of carbonyl (C=O) groups is 1. The fourth-order valence-corrected chi connectivity index (χ4v) is 4.82. The van der Waals surface area contributed by atoms with Crippen molar-refractivity contribution in [2.24, 2.45) is 11.8 Å². The molecule has 5 rings (SSSR count). The Morgan fingerprint density at radius 1 is 1.14 bits per heavy atom. The number of carbonyl (C=O) groups excluding carboxylic acids is 1.